The Bertz CT molecular complexity index is 1270. The lowest BCUT2D eigenvalue weighted by Crippen LogP contribution is -2.37. The first kappa shape index (κ1) is 23.8. The molecule has 5 rings (SSSR count). The van der Waals surface area contributed by atoms with E-state index in [1.165, 1.54) is 18.2 Å². The number of hydrogen-bond donors (Lipinski definition) is 0. The number of anilines is 2. The van der Waals surface area contributed by atoms with Crippen molar-refractivity contribution in [3.63, 3.8) is 0 Å². The number of rotatable bonds is 8. The number of imide groups is 1. The topological polar surface area (TPSA) is 68.3 Å². The van der Waals surface area contributed by atoms with Gasteiger partial charge in [0.2, 0.25) is 5.91 Å². The summed E-state index contributed by atoms with van der Waals surface area (Å²) in [5.74, 6) is -1.48. The molecular formula is C28H27FN2O5. The number of amides is 2. The Morgan fingerprint density at radius 1 is 0.889 bits per heavy atom. The van der Waals surface area contributed by atoms with Crippen molar-refractivity contribution in [2.45, 2.75) is 32.4 Å². The molecule has 3 aromatic carbocycles. The van der Waals surface area contributed by atoms with Crippen LogP contribution >= 0.6 is 0 Å². The molecule has 2 saturated heterocycles. The average molecular weight is 491 g/mol. The third-order valence-corrected chi connectivity index (χ3v) is 6.29. The minimum Gasteiger partial charge on any atom is -0.490 e. The predicted molar refractivity (Wildman–Crippen MR) is 132 cm³/mol. The second-order valence-corrected chi connectivity index (χ2v) is 8.61. The summed E-state index contributed by atoms with van der Waals surface area (Å²) in [5, 5.41) is 1.60. The molecule has 0 N–H and O–H groups in total. The van der Waals surface area contributed by atoms with Crippen LogP contribution in [-0.4, -0.2) is 31.1 Å². The van der Waals surface area contributed by atoms with Gasteiger partial charge in [0.15, 0.2) is 17.6 Å². The fourth-order valence-corrected chi connectivity index (χ4v) is 4.73. The minimum absolute atomic E-state index is 0.0752. The molecule has 2 aliphatic rings. The molecule has 0 spiro atoms. The van der Waals surface area contributed by atoms with Crippen molar-refractivity contribution in [1.82, 2.24) is 0 Å². The maximum Gasteiger partial charge on any atom is 0.266 e. The van der Waals surface area contributed by atoms with Crippen LogP contribution < -0.4 is 19.4 Å². The van der Waals surface area contributed by atoms with Crippen LogP contribution in [-0.2, 0) is 14.4 Å². The summed E-state index contributed by atoms with van der Waals surface area (Å²) < 4.78 is 26.3. The van der Waals surface area contributed by atoms with Crippen molar-refractivity contribution in [2.24, 2.45) is 5.92 Å². The van der Waals surface area contributed by atoms with Crippen LogP contribution in [0.25, 0.3) is 0 Å². The van der Waals surface area contributed by atoms with E-state index in [1.54, 1.807) is 11.1 Å². The van der Waals surface area contributed by atoms with Crippen molar-refractivity contribution in [3.05, 3.63) is 84.2 Å². The molecule has 0 radical (unpaired) electrons. The Labute approximate surface area is 208 Å². The Morgan fingerprint density at radius 3 is 2.36 bits per heavy atom. The van der Waals surface area contributed by atoms with E-state index in [9.17, 15) is 14.0 Å². The van der Waals surface area contributed by atoms with Crippen LogP contribution in [0.3, 0.4) is 0 Å². The fraction of sp³-hybridized carbons (Fsp3) is 0.286. The van der Waals surface area contributed by atoms with Gasteiger partial charge >= 0.3 is 0 Å². The maximum atomic E-state index is 14.6. The lowest BCUT2D eigenvalue weighted by molar-refractivity contribution is -0.126. The standard InChI is InChI=1S/C28H27FN2O5/c1-3-16-35-22-15-14-18(17-23(22)34-4-2)25-24-26(36-31(25)19-10-6-5-7-11-19)28(33)30(27(24)32)21-13-9-8-12-20(21)29/h5-15,17,24-26H,3-4,16H2,1-2H3. The van der Waals surface area contributed by atoms with E-state index in [1.807, 2.05) is 62.4 Å². The van der Waals surface area contributed by atoms with Gasteiger partial charge in [0.25, 0.3) is 5.91 Å². The SMILES string of the molecule is CCCOc1ccc(C2C3C(=O)N(c4ccccc4F)C(=O)C3ON2c2ccccc2)cc1OCC. The van der Waals surface area contributed by atoms with Crippen LogP contribution in [0.1, 0.15) is 31.9 Å². The van der Waals surface area contributed by atoms with Crippen molar-refractivity contribution in [1.29, 1.82) is 0 Å². The largest absolute Gasteiger partial charge is 0.490 e. The number of ether oxygens (including phenoxy) is 2. The second kappa shape index (κ2) is 9.99. The monoisotopic (exact) mass is 490 g/mol. The summed E-state index contributed by atoms with van der Waals surface area (Å²) >= 11 is 0. The van der Waals surface area contributed by atoms with E-state index < -0.39 is 35.7 Å². The molecule has 2 heterocycles. The summed E-state index contributed by atoms with van der Waals surface area (Å²) in [7, 11) is 0. The average Bonchev–Trinajstić information content (AvgIpc) is 3.40. The van der Waals surface area contributed by atoms with Gasteiger partial charge in [0.1, 0.15) is 11.7 Å². The van der Waals surface area contributed by atoms with Gasteiger partial charge in [-0.25, -0.2) is 14.4 Å². The summed E-state index contributed by atoms with van der Waals surface area (Å²) in [6.07, 6.45) is -0.244. The molecular weight excluding hydrogens is 463 g/mol. The zero-order chi connectivity index (χ0) is 25.2. The van der Waals surface area contributed by atoms with Gasteiger partial charge in [0, 0.05) is 0 Å². The predicted octanol–water partition coefficient (Wildman–Crippen LogP) is 5.06. The first-order chi connectivity index (χ1) is 17.5. The Hall–Kier alpha value is -3.91. The zero-order valence-electron chi connectivity index (χ0n) is 20.1. The molecule has 3 atom stereocenters. The third-order valence-electron chi connectivity index (χ3n) is 6.29. The minimum atomic E-state index is -1.09. The van der Waals surface area contributed by atoms with Gasteiger partial charge in [-0.1, -0.05) is 43.3 Å². The number of hydroxylamine groups is 1. The molecule has 3 aromatic rings. The second-order valence-electron chi connectivity index (χ2n) is 8.61. The van der Waals surface area contributed by atoms with Gasteiger partial charge in [-0.05, 0) is 55.3 Å². The number of carbonyl (C=O) groups is 2. The van der Waals surface area contributed by atoms with Gasteiger partial charge in [0.05, 0.1) is 30.6 Å². The molecule has 2 amide bonds. The molecule has 186 valence electrons. The van der Waals surface area contributed by atoms with Crippen LogP contribution in [0, 0.1) is 11.7 Å². The quantitative estimate of drug-likeness (QED) is 0.411. The molecule has 3 unspecified atom stereocenters. The maximum absolute atomic E-state index is 14.6. The van der Waals surface area contributed by atoms with E-state index in [-0.39, 0.29) is 5.69 Å². The van der Waals surface area contributed by atoms with Crippen LogP contribution in [0.4, 0.5) is 15.8 Å². The Kier molecular flexibility index (Phi) is 6.61. The number of para-hydroxylation sites is 2. The first-order valence-electron chi connectivity index (χ1n) is 12.1. The molecule has 0 bridgehead atoms. The van der Waals surface area contributed by atoms with Crippen molar-refractivity contribution in [2.75, 3.05) is 23.2 Å². The van der Waals surface area contributed by atoms with Crippen LogP contribution in [0.5, 0.6) is 11.5 Å². The number of hydrogen-bond acceptors (Lipinski definition) is 6. The Morgan fingerprint density at radius 2 is 1.64 bits per heavy atom. The number of halogens is 1. The summed E-state index contributed by atoms with van der Waals surface area (Å²) in [5.41, 5.74) is 1.34. The molecule has 2 aliphatic heterocycles. The van der Waals surface area contributed by atoms with Gasteiger partial charge < -0.3 is 9.47 Å². The highest BCUT2D eigenvalue weighted by Gasteiger charge is 2.60. The highest BCUT2D eigenvalue weighted by Crippen LogP contribution is 2.49. The summed E-state index contributed by atoms with van der Waals surface area (Å²) in [6.45, 7) is 4.87. The first-order valence-corrected chi connectivity index (χ1v) is 12.1. The van der Waals surface area contributed by atoms with Crippen LogP contribution in [0.15, 0.2) is 72.8 Å². The zero-order valence-corrected chi connectivity index (χ0v) is 20.1. The summed E-state index contributed by atoms with van der Waals surface area (Å²) in [4.78, 5) is 34.1. The Balaban J connectivity index is 1.59. The third kappa shape index (κ3) is 4.07. The normalized spacial score (nSPS) is 21.1. The van der Waals surface area contributed by atoms with Crippen molar-refractivity contribution in [3.8, 4) is 11.5 Å². The fourth-order valence-electron chi connectivity index (χ4n) is 4.73. The number of nitrogens with zero attached hydrogens (tertiary/aromatic N) is 2. The van der Waals surface area contributed by atoms with Gasteiger partial charge in [-0.3, -0.25) is 14.4 Å². The van der Waals surface area contributed by atoms with Crippen molar-refractivity contribution >= 4 is 23.2 Å². The lowest BCUT2D eigenvalue weighted by atomic mass is 9.90. The molecule has 0 aromatic heterocycles. The van der Waals surface area contributed by atoms with E-state index in [0.29, 0.717) is 30.4 Å². The smallest absolute Gasteiger partial charge is 0.266 e. The van der Waals surface area contributed by atoms with Crippen LogP contribution in [0.2, 0.25) is 0 Å². The number of benzene rings is 3. The summed E-state index contributed by atoms with van der Waals surface area (Å²) in [6, 6.07) is 19.9. The van der Waals surface area contributed by atoms with E-state index in [0.717, 1.165) is 16.9 Å². The van der Waals surface area contributed by atoms with E-state index in [2.05, 4.69) is 0 Å². The van der Waals surface area contributed by atoms with Crippen molar-refractivity contribution < 1.29 is 28.3 Å². The van der Waals surface area contributed by atoms with Gasteiger partial charge in [-0.2, -0.15) is 0 Å². The molecule has 8 heteroatoms. The van der Waals surface area contributed by atoms with E-state index in [4.69, 9.17) is 14.3 Å². The molecule has 2 fully saturated rings. The molecule has 0 aliphatic carbocycles. The molecule has 36 heavy (non-hydrogen) atoms. The number of fused-ring (bicyclic) bond motifs is 1. The van der Waals surface area contributed by atoms with Gasteiger partial charge in [-0.15, -0.1) is 0 Å². The highest BCUT2D eigenvalue weighted by atomic mass is 19.1. The number of carbonyl (C=O) groups excluding carboxylic acids is 2. The van der Waals surface area contributed by atoms with E-state index >= 15 is 0 Å². The highest BCUT2D eigenvalue weighted by molar-refractivity contribution is 6.24. The molecule has 7 nitrogen and oxygen atoms in total. The molecule has 0 saturated carbocycles. The lowest BCUT2D eigenvalue weighted by Gasteiger charge is -2.29.